The van der Waals surface area contributed by atoms with E-state index in [1.54, 1.807) is 19.1 Å². The van der Waals surface area contributed by atoms with Crippen LogP contribution in [0.25, 0.3) is 0 Å². The number of nitriles is 1. The first kappa shape index (κ1) is 14.8. The molecule has 1 aromatic carbocycles. The second-order valence-corrected chi connectivity index (χ2v) is 5.85. The molecule has 0 amide bonds. The number of halogens is 1. The smallest absolute Gasteiger partial charge is 0.312 e. The van der Waals surface area contributed by atoms with E-state index in [2.05, 4.69) is 27.3 Å². The lowest BCUT2D eigenvalue weighted by molar-refractivity contribution is -0.386. The number of nitrogens with one attached hydrogen (secondary N) is 1. The molecule has 1 aliphatic rings. The summed E-state index contributed by atoms with van der Waals surface area (Å²) in [6.45, 7) is 1.78. The van der Waals surface area contributed by atoms with Crippen LogP contribution in [0, 0.1) is 21.4 Å². The summed E-state index contributed by atoms with van der Waals surface area (Å²) >= 11 is 3.24. The van der Waals surface area contributed by atoms with Crippen molar-refractivity contribution in [2.24, 2.45) is 0 Å². The van der Waals surface area contributed by atoms with Gasteiger partial charge in [0.1, 0.15) is 12.1 Å². The average molecular weight is 340 g/mol. The SMILES string of the molecule is CC(C#N)(COc1c(Br)cccc1[N+](=O)[O-])NC1CC1. The highest BCUT2D eigenvalue weighted by Gasteiger charge is 2.34. The normalized spacial score (nSPS) is 17.1. The van der Waals surface area contributed by atoms with Crippen LogP contribution in [-0.4, -0.2) is 23.1 Å². The number of hydrogen-bond acceptors (Lipinski definition) is 5. The van der Waals surface area contributed by atoms with Crippen molar-refractivity contribution in [3.8, 4) is 11.8 Å². The first-order valence-electron chi connectivity index (χ1n) is 6.20. The van der Waals surface area contributed by atoms with Crippen molar-refractivity contribution >= 4 is 21.6 Å². The molecule has 0 heterocycles. The maximum absolute atomic E-state index is 11.0. The highest BCUT2D eigenvalue weighted by atomic mass is 79.9. The lowest BCUT2D eigenvalue weighted by Gasteiger charge is -2.23. The predicted molar refractivity (Wildman–Crippen MR) is 76.5 cm³/mol. The van der Waals surface area contributed by atoms with Crippen LogP contribution in [0.3, 0.4) is 0 Å². The van der Waals surface area contributed by atoms with Gasteiger partial charge in [-0.2, -0.15) is 5.26 Å². The third-order valence-corrected chi connectivity index (χ3v) is 3.62. The quantitative estimate of drug-likeness (QED) is 0.635. The largest absolute Gasteiger partial charge is 0.483 e. The Kier molecular flexibility index (Phi) is 4.26. The third kappa shape index (κ3) is 3.46. The van der Waals surface area contributed by atoms with Crippen molar-refractivity contribution < 1.29 is 9.66 Å². The van der Waals surface area contributed by atoms with Gasteiger partial charge in [-0.15, -0.1) is 0 Å². The Hall–Kier alpha value is -1.65. The maximum Gasteiger partial charge on any atom is 0.312 e. The van der Waals surface area contributed by atoms with E-state index in [0.717, 1.165) is 12.8 Å². The maximum atomic E-state index is 11.0. The first-order valence-corrected chi connectivity index (χ1v) is 6.99. The van der Waals surface area contributed by atoms with E-state index in [4.69, 9.17) is 4.74 Å². The molecule has 0 saturated heterocycles. The molecule has 0 aromatic heterocycles. The number of benzene rings is 1. The van der Waals surface area contributed by atoms with E-state index in [0.29, 0.717) is 10.5 Å². The summed E-state index contributed by atoms with van der Waals surface area (Å²) in [6, 6.07) is 7.12. The number of nitro groups is 1. The van der Waals surface area contributed by atoms with Crippen LogP contribution >= 0.6 is 15.9 Å². The van der Waals surface area contributed by atoms with Crippen molar-refractivity contribution in [1.82, 2.24) is 5.32 Å². The summed E-state index contributed by atoms with van der Waals surface area (Å²) in [5.41, 5.74) is -0.976. The summed E-state index contributed by atoms with van der Waals surface area (Å²) in [6.07, 6.45) is 2.10. The number of rotatable bonds is 6. The molecule has 1 unspecified atom stereocenters. The molecule has 0 aliphatic heterocycles. The van der Waals surface area contributed by atoms with E-state index >= 15 is 0 Å². The summed E-state index contributed by atoms with van der Waals surface area (Å²) in [5.74, 6) is 0.150. The fourth-order valence-electron chi connectivity index (χ4n) is 1.79. The molecular weight excluding hydrogens is 326 g/mol. The molecular formula is C13H14BrN3O3. The van der Waals surface area contributed by atoms with Gasteiger partial charge in [0.05, 0.1) is 15.5 Å². The monoisotopic (exact) mass is 339 g/mol. The molecule has 0 bridgehead atoms. The van der Waals surface area contributed by atoms with Crippen LogP contribution in [0.15, 0.2) is 22.7 Å². The van der Waals surface area contributed by atoms with E-state index in [9.17, 15) is 15.4 Å². The molecule has 0 spiro atoms. The lowest BCUT2D eigenvalue weighted by Crippen LogP contribution is -2.47. The van der Waals surface area contributed by atoms with E-state index in [-0.39, 0.29) is 18.0 Å². The second kappa shape index (κ2) is 5.77. The van der Waals surface area contributed by atoms with Crippen LogP contribution in [0.2, 0.25) is 0 Å². The van der Waals surface area contributed by atoms with Crippen molar-refractivity contribution in [1.29, 1.82) is 5.26 Å². The number of ether oxygens (including phenoxy) is 1. The molecule has 1 fully saturated rings. The van der Waals surface area contributed by atoms with Gasteiger partial charge in [0.15, 0.2) is 0 Å². The zero-order valence-corrected chi connectivity index (χ0v) is 12.5. The second-order valence-electron chi connectivity index (χ2n) is 5.00. The van der Waals surface area contributed by atoms with Crippen LogP contribution in [-0.2, 0) is 0 Å². The van der Waals surface area contributed by atoms with Gasteiger partial charge in [0.25, 0.3) is 0 Å². The van der Waals surface area contributed by atoms with Crippen molar-refractivity contribution in [2.75, 3.05) is 6.61 Å². The zero-order valence-electron chi connectivity index (χ0n) is 10.9. The molecule has 1 atom stereocenters. The van der Waals surface area contributed by atoms with Crippen molar-refractivity contribution in [2.45, 2.75) is 31.3 Å². The number of nitrogens with zero attached hydrogens (tertiary/aromatic N) is 2. The molecule has 106 valence electrons. The summed E-state index contributed by atoms with van der Waals surface area (Å²) in [4.78, 5) is 10.5. The van der Waals surface area contributed by atoms with Gasteiger partial charge in [-0.05, 0) is 41.8 Å². The van der Waals surface area contributed by atoms with E-state index < -0.39 is 10.5 Å². The van der Waals surface area contributed by atoms with E-state index in [1.165, 1.54) is 6.07 Å². The Balaban J connectivity index is 2.13. The number of hydrogen-bond donors (Lipinski definition) is 1. The first-order chi connectivity index (χ1) is 9.45. The Morgan fingerprint density at radius 3 is 2.90 bits per heavy atom. The Labute approximate surface area is 125 Å². The predicted octanol–water partition coefficient (Wildman–Crippen LogP) is 2.77. The van der Waals surface area contributed by atoms with Gasteiger partial charge in [-0.25, -0.2) is 0 Å². The minimum atomic E-state index is -0.857. The topological polar surface area (TPSA) is 88.2 Å². The van der Waals surface area contributed by atoms with Crippen molar-refractivity contribution in [3.05, 3.63) is 32.8 Å². The van der Waals surface area contributed by atoms with Gasteiger partial charge in [0.2, 0.25) is 5.75 Å². The van der Waals surface area contributed by atoms with Gasteiger partial charge >= 0.3 is 5.69 Å². The van der Waals surface area contributed by atoms with Gasteiger partial charge in [0, 0.05) is 12.1 Å². The third-order valence-electron chi connectivity index (χ3n) is 2.99. The Morgan fingerprint density at radius 2 is 2.35 bits per heavy atom. The molecule has 20 heavy (non-hydrogen) atoms. The van der Waals surface area contributed by atoms with E-state index in [1.807, 2.05) is 0 Å². The van der Waals surface area contributed by atoms with Gasteiger partial charge < -0.3 is 4.74 Å². The molecule has 1 aliphatic carbocycles. The number of nitro benzene ring substituents is 1. The Bertz CT molecular complexity index is 568. The Morgan fingerprint density at radius 1 is 1.65 bits per heavy atom. The van der Waals surface area contributed by atoms with Crippen LogP contribution in [0.5, 0.6) is 5.75 Å². The highest BCUT2D eigenvalue weighted by molar-refractivity contribution is 9.10. The van der Waals surface area contributed by atoms with Crippen LogP contribution in [0.1, 0.15) is 19.8 Å². The minimum absolute atomic E-state index is 0.0451. The lowest BCUT2D eigenvalue weighted by atomic mass is 10.1. The molecule has 1 N–H and O–H groups in total. The summed E-state index contributed by atoms with van der Waals surface area (Å²) < 4.78 is 6.04. The summed E-state index contributed by atoms with van der Waals surface area (Å²) in [7, 11) is 0. The molecule has 6 nitrogen and oxygen atoms in total. The fraction of sp³-hybridized carbons (Fsp3) is 0.462. The fourth-order valence-corrected chi connectivity index (χ4v) is 2.26. The molecule has 2 rings (SSSR count). The number of para-hydroxylation sites is 1. The zero-order chi connectivity index (χ0) is 14.8. The van der Waals surface area contributed by atoms with Crippen molar-refractivity contribution in [3.63, 3.8) is 0 Å². The van der Waals surface area contributed by atoms with Crippen LogP contribution in [0.4, 0.5) is 5.69 Å². The average Bonchev–Trinajstić information content (AvgIpc) is 3.20. The highest BCUT2D eigenvalue weighted by Crippen LogP contribution is 2.35. The van der Waals surface area contributed by atoms with Gasteiger partial charge in [-0.1, -0.05) is 6.07 Å². The summed E-state index contributed by atoms with van der Waals surface area (Å²) in [5, 5.41) is 23.4. The molecule has 1 aromatic rings. The molecule has 7 heteroatoms. The molecule has 1 saturated carbocycles. The molecule has 0 radical (unpaired) electrons. The standard InChI is InChI=1S/C13H14BrN3O3/c1-13(7-15,16-9-5-6-9)8-20-12-10(14)3-2-4-11(12)17(18)19/h2-4,9,16H,5-6,8H2,1H3. The van der Waals surface area contributed by atoms with Gasteiger partial charge in [-0.3, -0.25) is 15.4 Å². The minimum Gasteiger partial charge on any atom is -0.483 e. The van der Waals surface area contributed by atoms with Crippen LogP contribution < -0.4 is 10.1 Å².